The summed E-state index contributed by atoms with van der Waals surface area (Å²) in [6.07, 6.45) is 1.27. The predicted molar refractivity (Wildman–Crippen MR) is 91.1 cm³/mol. The Morgan fingerprint density at radius 3 is 2.54 bits per heavy atom. The molecule has 0 atom stereocenters. The predicted octanol–water partition coefficient (Wildman–Crippen LogP) is 3.20. The van der Waals surface area contributed by atoms with Gasteiger partial charge >= 0.3 is 6.09 Å². The molecule has 0 spiro atoms. The lowest BCUT2D eigenvalue weighted by Gasteiger charge is -2.26. The number of carbonyl (C=O) groups excluding carboxylic acids is 2. The normalized spacial score (nSPS) is 19.4. The lowest BCUT2D eigenvalue weighted by molar-refractivity contribution is -0.115. The van der Waals surface area contributed by atoms with Crippen LogP contribution < -0.4 is 0 Å². The third-order valence-electron chi connectivity index (χ3n) is 3.36. The van der Waals surface area contributed by atoms with E-state index < -0.39 is 11.7 Å². The summed E-state index contributed by atoms with van der Waals surface area (Å²) in [4.78, 5) is 24.5. The number of amides is 1. The van der Waals surface area contributed by atoms with Gasteiger partial charge in [0.25, 0.3) is 0 Å². The first kappa shape index (κ1) is 20.2. The van der Waals surface area contributed by atoms with E-state index in [0.717, 1.165) is 5.01 Å². The molecule has 0 aromatic carbocycles. The third-order valence-corrected chi connectivity index (χ3v) is 3.36. The number of nitrogens with zero attached hydrogens (tertiary/aromatic N) is 2. The summed E-state index contributed by atoms with van der Waals surface area (Å²) >= 11 is 0. The fourth-order valence-corrected chi connectivity index (χ4v) is 2.25. The van der Waals surface area contributed by atoms with Gasteiger partial charge in [0.1, 0.15) is 11.4 Å². The first-order valence-electron chi connectivity index (χ1n) is 8.22. The molecule has 0 aromatic rings. The van der Waals surface area contributed by atoms with E-state index >= 15 is 0 Å². The lowest BCUT2D eigenvalue weighted by atomic mass is 9.90. The van der Waals surface area contributed by atoms with Crippen LogP contribution in [0.1, 0.15) is 53.4 Å². The van der Waals surface area contributed by atoms with Crippen LogP contribution in [0.5, 0.6) is 0 Å². The van der Waals surface area contributed by atoms with E-state index in [-0.39, 0.29) is 30.3 Å². The van der Waals surface area contributed by atoms with Gasteiger partial charge in [-0.05, 0) is 33.6 Å². The van der Waals surface area contributed by atoms with Gasteiger partial charge in [0.15, 0.2) is 5.78 Å². The van der Waals surface area contributed by atoms with Crippen molar-refractivity contribution in [2.45, 2.75) is 59.0 Å². The summed E-state index contributed by atoms with van der Waals surface area (Å²) in [5.74, 6) is -0.135. The third kappa shape index (κ3) is 5.96. The number of Topliss-reactive ketones (excluding diaryl/α,β-unsaturated/α-hetero) is 1. The van der Waals surface area contributed by atoms with E-state index in [4.69, 9.17) is 9.47 Å². The smallest absolute Gasteiger partial charge is 0.430 e. The van der Waals surface area contributed by atoms with Crippen molar-refractivity contribution in [2.24, 2.45) is 5.10 Å². The molecule has 24 heavy (non-hydrogen) atoms. The van der Waals surface area contributed by atoms with Crippen molar-refractivity contribution in [3.63, 3.8) is 0 Å². The minimum absolute atomic E-state index is 0.00864. The van der Waals surface area contributed by atoms with E-state index in [1.807, 2.05) is 0 Å². The summed E-state index contributed by atoms with van der Waals surface area (Å²) in [7, 11) is 1.53. The SMILES string of the molecule is CCC(O)=C1C(=O)CCCC1=NN(CCOC)C(=O)OC(C)(C)C. The minimum Gasteiger partial charge on any atom is -0.512 e. The molecule has 136 valence electrons. The van der Waals surface area contributed by atoms with Gasteiger partial charge in [-0.15, -0.1) is 0 Å². The van der Waals surface area contributed by atoms with E-state index in [1.54, 1.807) is 27.7 Å². The monoisotopic (exact) mass is 340 g/mol. The Morgan fingerprint density at radius 1 is 1.33 bits per heavy atom. The molecule has 1 aliphatic rings. The summed E-state index contributed by atoms with van der Waals surface area (Å²) < 4.78 is 10.4. The molecule has 1 fully saturated rings. The molecular formula is C17H28N2O5. The zero-order valence-corrected chi connectivity index (χ0v) is 15.2. The van der Waals surface area contributed by atoms with E-state index in [9.17, 15) is 14.7 Å². The summed E-state index contributed by atoms with van der Waals surface area (Å²) in [5, 5.41) is 15.5. The molecule has 0 unspecified atom stereocenters. The highest BCUT2D eigenvalue weighted by atomic mass is 16.6. The molecule has 1 saturated carbocycles. The van der Waals surface area contributed by atoms with Crippen LogP contribution in [0.2, 0.25) is 0 Å². The Hall–Kier alpha value is -1.89. The molecule has 1 aliphatic carbocycles. The van der Waals surface area contributed by atoms with Crippen LogP contribution in [0.25, 0.3) is 0 Å². The van der Waals surface area contributed by atoms with Crippen LogP contribution >= 0.6 is 0 Å². The molecule has 1 rings (SSSR count). The molecule has 7 heteroatoms. The summed E-state index contributed by atoms with van der Waals surface area (Å²) in [6, 6.07) is 0. The van der Waals surface area contributed by atoms with Crippen molar-refractivity contribution >= 4 is 17.6 Å². The average molecular weight is 340 g/mol. The number of ether oxygens (including phenoxy) is 2. The standard InChI is InChI=1S/C17H28N2O5/c1-6-13(20)15-12(8-7-9-14(15)21)18-19(10-11-23-5)16(22)24-17(2,3)4/h20H,6-11H2,1-5H3. The molecule has 1 amide bonds. The van der Waals surface area contributed by atoms with Crippen LogP contribution in [0.15, 0.2) is 16.4 Å². The van der Waals surface area contributed by atoms with E-state index in [1.165, 1.54) is 7.11 Å². The highest BCUT2D eigenvalue weighted by Gasteiger charge is 2.28. The Kier molecular flexibility index (Phi) is 7.41. The number of carbonyl (C=O) groups is 2. The van der Waals surface area contributed by atoms with Gasteiger partial charge in [-0.1, -0.05) is 6.92 Å². The molecule has 0 saturated heterocycles. The van der Waals surface area contributed by atoms with E-state index in [0.29, 0.717) is 31.4 Å². The number of aliphatic hydroxyl groups excluding tert-OH is 1. The fourth-order valence-electron chi connectivity index (χ4n) is 2.25. The second kappa shape index (κ2) is 8.82. The van der Waals surface area contributed by atoms with Crippen LogP contribution in [0.3, 0.4) is 0 Å². The van der Waals surface area contributed by atoms with Crippen molar-refractivity contribution in [3.8, 4) is 0 Å². The van der Waals surface area contributed by atoms with Crippen LogP contribution in [0, 0.1) is 0 Å². The number of ketones is 1. The molecule has 0 bridgehead atoms. The lowest BCUT2D eigenvalue weighted by Crippen LogP contribution is -2.37. The number of aliphatic hydroxyl groups is 1. The van der Waals surface area contributed by atoms with Crippen molar-refractivity contribution in [2.75, 3.05) is 20.3 Å². The molecule has 0 radical (unpaired) electrons. The van der Waals surface area contributed by atoms with Crippen LogP contribution in [0.4, 0.5) is 4.79 Å². The number of hydrogen-bond donors (Lipinski definition) is 1. The molecule has 7 nitrogen and oxygen atoms in total. The van der Waals surface area contributed by atoms with Gasteiger partial charge in [0.2, 0.25) is 0 Å². The molecule has 0 heterocycles. The molecule has 1 N–H and O–H groups in total. The first-order chi connectivity index (χ1) is 11.2. The Bertz CT molecular complexity index is 532. The topological polar surface area (TPSA) is 88.4 Å². The van der Waals surface area contributed by atoms with Gasteiger partial charge in [0, 0.05) is 20.0 Å². The maximum atomic E-state index is 12.3. The zero-order chi connectivity index (χ0) is 18.3. The van der Waals surface area contributed by atoms with Crippen molar-refractivity contribution in [1.82, 2.24) is 5.01 Å². The van der Waals surface area contributed by atoms with Crippen LogP contribution in [-0.4, -0.2) is 53.6 Å². The maximum absolute atomic E-state index is 12.3. The fraction of sp³-hybridized carbons (Fsp3) is 0.706. The Balaban J connectivity index is 3.14. The van der Waals surface area contributed by atoms with Gasteiger partial charge in [-0.25, -0.2) is 4.79 Å². The largest absolute Gasteiger partial charge is 0.512 e. The summed E-state index contributed by atoms with van der Waals surface area (Å²) in [6.45, 7) is 7.55. The maximum Gasteiger partial charge on any atom is 0.430 e. The van der Waals surface area contributed by atoms with Gasteiger partial charge in [0.05, 0.1) is 24.4 Å². The number of hydrazone groups is 1. The summed E-state index contributed by atoms with van der Waals surface area (Å²) in [5.41, 5.74) is -0.00264. The first-order valence-corrected chi connectivity index (χ1v) is 8.22. The van der Waals surface area contributed by atoms with E-state index in [2.05, 4.69) is 5.10 Å². The minimum atomic E-state index is -0.658. The van der Waals surface area contributed by atoms with Crippen molar-refractivity contribution in [1.29, 1.82) is 0 Å². The van der Waals surface area contributed by atoms with Crippen molar-refractivity contribution in [3.05, 3.63) is 11.3 Å². The molecule has 0 aromatic heterocycles. The van der Waals surface area contributed by atoms with Crippen LogP contribution in [-0.2, 0) is 14.3 Å². The highest BCUT2D eigenvalue weighted by molar-refractivity contribution is 6.24. The van der Waals surface area contributed by atoms with Gasteiger partial charge in [-0.2, -0.15) is 10.1 Å². The van der Waals surface area contributed by atoms with Gasteiger partial charge < -0.3 is 14.6 Å². The van der Waals surface area contributed by atoms with Gasteiger partial charge in [-0.3, -0.25) is 4.79 Å². The number of rotatable bonds is 5. The number of hydrogen-bond acceptors (Lipinski definition) is 6. The molecule has 0 aliphatic heterocycles. The average Bonchev–Trinajstić information content (AvgIpc) is 2.49. The Morgan fingerprint density at radius 2 is 2.00 bits per heavy atom. The second-order valence-corrected chi connectivity index (χ2v) is 6.59. The quantitative estimate of drug-likeness (QED) is 0.472. The van der Waals surface area contributed by atoms with Crippen molar-refractivity contribution < 1.29 is 24.2 Å². The number of allylic oxidation sites excluding steroid dienone is 2. The second-order valence-electron chi connectivity index (χ2n) is 6.59. The zero-order valence-electron chi connectivity index (χ0n) is 15.2. The molecular weight excluding hydrogens is 312 g/mol. The highest BCUT2D eigenvalue weighted by Crippen LogP contribution is 2.23. The number of methoxy groups -OCH3 is 1. The Labute approximate surface area is 143 Å².